The molecule has 7 heteroatoms. The van der Waals surface area contributed by atoms with Crippen molar-refractivity contribution < 1.29 is 15.0 Å². The average molecular weight is 394 g/mol. The normalized spacial score (nSPS) is 11.3. The topological polar surface area (TPSA) is 100 Å². The van der Waals surface area contributed by atoms with Crippen molar-refractivity contribution in [2.24, 2.45) is 0 Å². The van der Waals surface area contributed by atoms with Crippen molar-refractivity contribution in [2.75, 3.05) is 0 Å². The fraction of sp³-hybridized carbons (Fsp3) is 0.318. The molecule has 0 aliphatic heterocycles. The summed E-state index contributed by atoms with van der Waals surface area (Å²) in [5.41, 5.74) is 2.84. The van der Waals surface area contributed by atoms with Crippen LogP contribution < -0.4 is 5.32 Å². The second-order valence-electron chi connectivity index (χ2n) is 7.73. The lowest BCUT2D eigenvalue weighted by Crippen LogP contribution is -2.32. The highest BCUT2D eigenvalue weighted by Crippen LogP contribution is 2.38. The maximum atomic E-state index is 12.7. The quantitative estimate of drug-likeness (QED) is 0.609. The number of hydrogen-bond acceptors (Lipinski definition) is 5. The van der Waals surface area contributed by atoms with Gasteiger partial charge in [0, 0.05) is 17.8 Å². The van der Waals surface area contributed by atoms with Crippen molar-refractivity contribution in [1.29, 1.82) is 0 Å². The molecule has 0 radical (unpaired) electrons. The maximum absolute atomic E-state index is 12.7. The summed E-state index contributed by atoms with van der Waals surface area (Å²) in [7, 11) is 0. The predicted molar refractivity (Wildman–Crippen MR) is 112 cm³/mol. The Hall–Kier alpha value is -3.35. The molecule has 3 N–H and O–H groups in total. The third-order valence-electron chi connectivity index (χ3n) is 4.59. The van der Waals surface area contributed by atoms with E-state index in [0.29, 0.717) is 22.6 Å². The van der Waals surface area contributed by atoms with Crippen LogP contribution in [0, 0.1) is 6.92 Å². The van der Waals surface area contributed by atoms with Crippen LogP contribution in [0.25, 0.3) is 17.1 Å². The van der Waals surface area contributed by atoms with E-state index in [9.17, 15) is 15.0 Å². The fourth-order valence-electron chi connectivity index (χ4n) is 3.11. The van der Waals surface area contributed by atoms with Crippen LogP contribution in [-0.2, 0) is 0 Å². The summed E-state index contributed by atoms with van der Waals surface area (Å²) in [4.78, 5) is 12.7. The van der Waals surface area contributed by atoms with E-state index in [1.807, 2.05) is 58.9 Å². The summed E-state index contributed by atoms with van der Waals surface area (Å²) >= 11 is 0. The molecule has 152 valence electrons. The van der Waals surface area contributed by atoms with Gasteiger partial charge in [0.25, 0.3) is 5.91 Å². The lowest BCUT2D eigenvalue weighted by molar-refractivity contribution is 0.0930. The number of carbonyl (C=O) groups excluding carboxylic acids is 1. The van der Waals surface area contributed by atoms with Crippen LogP contribution in [-0.4, -0.2) is 36.9 Å². The zero-order chi connectivity index (χ0) is 21.3. The van der Waals surface area contributed by atoms with E-state index < -0.39 is 0 Å². The first-order chi connectivity index (χ1) is 13.7. The molecule has 0 spiro atoms. The predicted octanol–water partition coefficient (Wildman–Crippen LogP) is 3.92. The van der Waals surface area contributed by atoms with Gasteiger partial charge in [-0.15, -0.1) is 10.2 Å². The summed E-state index contributed by atoms with van der Waals surface area (Å²) in [5.74, 6) is -0.00216. The molecule has 1 amide bonds. The highest BCUT2D eigenvalue weighted by Gasteiger charge is 2.24. The van der Waals surface area contributed by atoms with Gasteiger partial charge in [0.1, 0.15) is 11.5 Å². The van der Waals surface area contributed by atoms with Gasteiger partial charge in [-0.1, -0.05) is 31.5 Å². The van der Waals surface area contributed by atoms with Gasteiger partial charge in [-0.2, -0.15) is 0 Å². The van der Waals surface area contributed by atoms with Gasteiger partial charge < -0.3 is 15.5 Å². The third kappa shape index (κ3) is 4.08. The molecule has 0 saturated carbocycles. The molecule has 1 aromatic heterocycles. The minimum atomic E-state index is -0.360. The van der Waals surface area contributed by atoms with Gasteiger partial charge in [-0.05, 0) is 50.5 Å². The van der Waals surface area contributed by atoms with Crippen molar-refractivity contribution in [3.63, 3.8) is 0 Å². The van der Waals surface area contributed by atoms with Crippen LogP contribution in [0.5, 0.6) is 11.5 Å². The Labute approximate surface area is 170 Å². The van der Waals surface area contributed by atoms with Gasteiger partial charge in [-0.3, -0.25) is 9.36 Å². The largest absolute Gasteiger partial charge is 0.508 e. The molecule has 0 saturated heterocycles. The molecule has 3 aromatic rings. The number of amides is 1. The lowest BCUT2D eigenvalue weighted by Gasteiger charge is -2.15. The van der Waals surface area contributed by atoms with Crippen molar-refractivity contribution in [3.05, 3.63) is 53.3 Å². The Bertz CT molecular complexity index is 1040. The minimum absolute atomic E-state index is 0.0143. The van der Waals surface area contributed by atoms with E-state index >= 15 is 0 Å². The van der Waals surface area contributed by atoms with E-state index in [1.165, 1.54) is 6.07 Å². The first kappa shape index (κ1) is 20.4. The summed E-state index contributed by atoms with van der Waals surface area (Å²) in [5, 5.41) is 31.9. The zero-order valence-electron chi connectivity index (χ0n) is 17.3. The van der Waals surface area contributed by atoms with E-state index in [0.717, 1.165) is 5.56 Å². The van der Waals surface area contributed by atoms with Crippen molar-refractivity contribution in [1.82, 2.24) is 20.1 Å². The molecule has 7 nitrogen and oxygen atoms in total. The van der Waals surface area contributed by atoms with Gasteiger partial charge in [0.05, 0.1) is 5.56 Å². The van der Waals surface area contributed by atoms with Crippen LogP contribution in [0.1, 0.15) is 55.4 Å². The number of nitrogens with one attached hydrogen (secondary N) is 1. The Morgan fingerprint density at radius 1 is 1.00 bits per heavy atom. The second-order valence-corrected chi connectivity index (χ2v) is 7.73. The van der Waals surface area contributed by atoms with Crippen molar-refractivity contribution in [2.45, 2.75) is 46.6 Å². The van der Waals surface area contributed by atoms with Gasteiger partial charge in [0.15, 0.2) is 5.82 Å². The maximum Gasteiger partial charge on any atom is 0.289 e. The molecule has 0 aliphatic carbocycles. The van der Waals surface area contributed by atoms with Crippen LogP contribution in [0.4, 0.5) is 0 Å². The van der Waals surface area contributed by atoms with E-state index in [2.05, 4.69) is 15.5 Å². The number of aromatic nitrogens is 3. The van der Waals surface area contributed by atoms with E-state index in [1.54, 1.807) is 10.6 Å². The van der Waals surface area contributed by atoms with Gasteiger partial charge in [0.2, 0.25) is 5.82 Å². The van der Waals surface area contributed by atoms with Gasteiger partial charge >= 0.3 is 0 Å². The first-order valence-corrected chi connectivity index (χ1v) is 9.58. The Morgan fingerprint density at radius 2 is 1.66 bits per heavy atom. The molecule has 1 heterocycles. The summed E-state index contributed by atoms with van der Waals surface area (Å²) in [6.07, 6.45) is 0. The number of hydrogen-bond donors (Lipinski definition) is 3. The molecule has 0 bridgehead atoms. The number of nitrogens with zero attached hydrogens (tertiary/aromatic N) is 3. The second kappa shape index (κ2) is 7.95. The Balaban J connectivity index is 2.25. The highest BCUT2D eigenvalue weighted by atomic mass is 16.3. The molecule has 0 unspecified atom stereocenters. The molecule has 0 atom stereocenters. The number of carbonyl (C=O) groups is 1. The molecule has 0 aliphatic rings. The van der Waals surface area contributed by atoms with Crippen LogP contribution >= 0.6 is 0 Å². The van der Waals surface area contributed by atoms with Crippen LogP contribution in [0.2, 0.25) is 0 Å². The SMILES string of the molecule is Cc1ccc(-n2c(C(=O)NC(C)C)nnc2-c2cc(C(C)C)c(O)cc2O)cc1. The first-order valence-electron chi connectivity index (χ1n) is 9.58. The minimum Gasteiger partial charge on any atom is -0.508 e. The monoisotopic (exact) mass is 394 g/mol. The van der Waals surface area contributed by atoms with E-state index in [4.69, 9.17) is 0 Å². The number of benzene rings is 2. The smallest absolute Gasteiger partial charge is 0.289 e. The summed E-state index contributed by atoms with van der Waals surface area (Å²) < 4.78 is 1.62. The number of aryl methyl sites for hydroxylation is 1. The molecule has 0 fully saturated rings. The third-order valence-corrected chi connectivity index (χ3v) is 4.59. The summed E-state index contributed by atoms with van der Waals surface area (Å²) in [6, 6.07) is 10.5. The number of rotatable bonds is 5. The highest BCUT2D eigenvalue weighted by molar-refractivity contribution is 5.92. The van der Waals surface area contributed by atoms with Crippen LogP contribution in [0.3, 0.4) is 0 Å². The van der Waals surface area contributed by atoms with Crippen LogP contribution in [0.15, 0.2) is 36.4 Å². The lowest BCUT2D eigenvalue weighted by atomic mass is 9.98. The average Bonchev–Trinajstić information content (AvgIpc) is 3.06. The molecule has 3 rings (SSSR count). The molecule has 2 aromatic carbocycles. The number of aromatic hydroxyl groups is 2. The molecular weight excluding hydrogens is 368 g/mol. The van der Waals surface area contributed by atoms with E-state index in [-0.39, 0.29) is 35.2 Å². The number of phenols is 2. The van der Waals surface area contributed by atoms with Gasteiger partial charge in [-0.25, -0.2) is 0 Å². The standard InChI is InChI=1S/C22H26N4O3/c1-12(2)16-10-17(19(28)11-18(16)27)20-24-25-21(22(29)23-13(3)4)26(20)15-8-6-14(5)7-9-15/h6-13,27-28H,1-5H3,(H,23,29). The summed E-state index contributed by atoms with van der Waals surface area (Å²) in [6.45, 7) is 9.60. The Morgan fingerprint density at radius 3 is 2.24 bits per heavy atom. The number of phenolic OH excluding ortho intramolecular Hbond substituents is 2. The van der Waals surface area contributed by atoms with Crippen molar-refractivity contribution >= 4 is 5.91 Å². The van der Waals surface area contributed by atoms with Crippen molar-refractivity contribution in [3.8, 4) is 28.6 Å². The fourth-order valence-corrected chi connectivity index (χ4v) is 3.11. The molecular formula is C22H26N4O3. The Kier molecular flexibility index (Phi) is 5.59. The molecule has 29 heavy (non-hydrogen) atoms. The zero-order valence-corrected chi connectivity index (χ0v) is 17.3.